The number of hydrogen-bond donors (Lipinski definition) is 1. The fourth-order valence-electron chi connectivity index (χ4n) is 4.71. The summed E-state index contributed by atoms with van der Waals surface area (Å²) in [6.45, 7) is 6.86. The third kappa shape index (κ3) is 5.26. The maximum absolute atomic E-state index is 13.6. The molecule has 1 aliphatic heterocycles. The minimum absolute atomic E-state index is 0.0883. The van der Waals surface area contributed by atoms with Crippen LogP contribution in [0.3, 0.4) is 0 Å². The van der Waals surface area contributed by atoms with Gasteiger partial charge in [0.25, 0.3) is 0 Å². The molecule has 2 aliphatic rings. The number of hydrogen-bond acceptors (Lipinski definition) is 7. The minimum atomic E-state index is -0.449. The molecule has 1 aromatic heterocycles. The summed E-state index contributed by atoms with van der Waals surface area (Å²) in [6.07, 6.45) is 1.20. The standard InChI is InChI=1S/C27H31NO4S2/c1-4-31-20-10-8-18(9-11-20)25-24(27(30)32-12-14-33-5-2)17(3)28-21-15-19(16-22(29)26(21)25)23-7-6-13-34-23/h6-11,13,19,25,28H,4-5,12,14-16H2,1-3H3/t19-,25-/m1/s1. The molecule has 2 aromatic rings. The molecule has 1 aliphatic carbocycles. The van der Waals surface area contributed by atoms with E-state index in [1.165, 1.54) is 4.88 Å². The van der Waals surface area contributed by atoms with Gasteiger partial charge < -0.3 is 14.8 Å². The summed E-state index contributed by atoms with van der Waals surface area (Å²) >= 11 is 3.42. The molecule has 0 radical (unpaired) electrons. The molecule has 0 spiro atoms. The van der Waals surface area contributed by atoms with Crippen LogP contribution in [0, 0.1) is 0 Å². The van der Waals surface area contributed by atoms with Crippen LogP contribution in [0.25, 0.3) is 0 Å². The van der Waals surface area contributed by atoms with Crippen molar-refractivity contribution in [1.82, 2.24) is 5.32 Å². The summed E-state index contributed by atoms with van der Waals surface area (Å²) in [5.41, 5.74) is 3.79. The van der Waals surface area contributed by atoms with Gasteiger partial charge in [0, 0.05) is 45.9 Å². The summed E-state index contributed by atoms with van der Waals surface area (Å²) in [5, 5.41) is 5.47. The van der Waals surface area contributed by atoms with E-state index in [0.717, 1.165) is 40.6 Å². The number of esters is 1. The number of rotatable bonds is 9. The molecule has 0 amide bonds. The summed E-state index contributed by atoms with van der Waals surface area (Å²) in [7, 11) is 0. The highest BCUT2D eigenvalue weighted by molar-refractivity contribution is 7.99. The summed E-state index contributed by atoms with van der Waals surface area (Å²) in [5.74, 6) is 1.94. The SMILES string of the molecule is CCOc1ccc([C@@H]2C(C(=O)OCCSCC)=C(C)NC3=C2C(=O)C[C@H](c2cccs2)C3)cc1. The van der Waals surface area contributed by atoms with E-state index < -0.39 is 5.92 Å². The first kappa shape index (κ1) is 24.6. The molecule has 180 valence electrons. The lowest BCUT2D eigenvalue weighted by molar-refractivity contribution is -0.138. The van der Waals surface area contributed by atoms with Crippen molar-refractivity contribution < 1.29 is 19.1 Å². The number of ether oxygens (including phenoxy) is 2. The van der Waals surface area contributed by atoms with Crippen molar-refractivity contribution in [1.29, 1.82) is 0 Å². The Labute approximate surface area is 209 Å². The van der Waals surface area contributed by atoms with Crippen LogP contribution < -0.4 is 10.1 Å². The Bertz CT molecular complexity index is 1090. The first-order valence-electron chi connectivity index (χ1n) is 11.8. The van der Waals surface area contributed by atoms with Gasteiger partial charge in [-0.05, 0) is 55.2 Å². The van der Waals surface area contributed by atoms with E-state index in [1.54, 1.807) is 23.1 Å². The van der Waals surface area contributed by atoms with Crippen LogP contribution >= 0.6 is 23.1 Å². The highest BCUT2D eigenvalue weighted by atomic mass is 32.2. The molecule has 0 fully saturated rings. The number of Topliss-reactive ketones (excluding diaryl/α,β-unsaturated/α-hetero) is 1. The number of ketones is 1. The van der Waals surface area contributed by atoms with Gasteiger partial charge in [-0.1, -0.05) is 25.1 Å². The molecule has 4 rings (SSSR count). The first-order chi connectivity index (χ1) is 16.5. The monoisotopic (exact) mass is 497 g/mol. The van der Waals surface area contributed by atoms with Gasteiger partial charge in [-0.3, -0.25) is 4.79 Å². The van der Waals surface area contributed by atoms with E-state index in [-0.39, 0.29) is 17.7 Å². The summed E-state index contributed by atoms with van der Waals surface area (Å²) in [4.78, 5) is 28.1. The van der Waals surface area contributed by atoms with Crippen molar-refractivity contribution in [2.75, 3.05) is 24.7 Å². The van der Waals surface area contributed by atoms with Crippen LogP contribution in [-0.4, -0.2) is 36.5 Å². The Kier molecular flexibility index (Phi) is 8.16. The molecule has 5 nitrogen and oxygen atoms in total. The van der Waals surface area contributed by atoms with Gasteiger partial charge in [0.1, 0.15) is 12.4 Å². The average Bonchev–Trinajstić information content (AvgIpc) is 3.37. The lowest BCUT2D eigenvalue weighted by atomic mass is 9.72. The quantitative estimate of drug-likeness (QED) is 0.349. The molecule has 34 heavy (non-hydrogen) atoms. The van der Waals surface area contributed by atoms with Gasteiger partial charge in [-0.2, -0.15) is 11.8 Å². The third-order valence-electron chi connectivity index (χ3n) is 6.18. The highest BCUT2D eigenvalue weighted by Crippen LogP contribution is 2.46. The van der Waals surface area contributed by atoms with E-state index >= 15 is 0 Å². The number of dihydropyridines is 1. The largest absolute Gasteiger partial charge is 0.494 e. The van der Waals surface area contributed by atoms with Crippen molar-refractivity contribution in [2.45, 2.75) is 45.4 Å². The second-order valence-corrected chi connectivity index (χ2v) is 10.7. The zero-order chi connectivity index (χ0) is 24.1. The van der Waals surface area contributed by atoms with Crippen LogP contribution in [0.1, 0.15) is 55.9 Å². The lowest BCUT2D eigenvalue weighted by Crippen LogP contribution is -2.36. The Morgan fingerprint density at radius 3 is 2.65 bits per heavy atom. The average molecular weight is 498 g/mol. The van der Waals surface area contributed by atoms with Crippen molar-refractivity contribution >= 4 is 34.9 Å². The smallest absolute Gasteiger partial charge is 0.336 e. The predicted molar refractivity (Wildman–Crippen MR) is 138 cm³/mol. The first-order valence-corrected chi connectivity index (χ1v) is 13.8. The number of nitrogens with one attached hydrogen (secondary N) is 1. The van der Waals surface area contributed by atoms with Crippen molar-refractivity contribution in [3.8, 4) is 5.75 Å². The van der Waals surface area contributed by atoms with Crippen molar-refractivity contribution in [3.05, 3.63) is 74.8 Å². The number of carbonyl (C=O) groups excluding carboxylic acids is 2. The molecular formula is C27H31NO4S2. The fourth-order valence-corrected chi connectivity index (χ4v) is 6.03. The number of allylic oxidation sites excluding steroid dienone is 3. The van der Waals surface area contributed by atoms with Gasteiger partial charge in [0.15, 0.2) is 5.78 Å². The molecular weight excluding hydrogens is 466 g/mol. The number of thioether (sulfide) groups is 1. The van der Waals surface area contributed by atoms with Crippen molar-refractivity contribution in [3.63, 3.8) is 0 Å². The Hall–Kier alpha value is -2.51. The van der Waals surface area contributed by atoms with Crippen LogP contribution in [-0.2, 0) is 14.3 Å². The van der Waals surface area contributed by atoms with E-state index in [2.05, 4.69) is 23.7 Å². The second-order valence-electron chi connectivity index (χ2n) is 8.37. The van der Waals surface area contributed by atoms with Crippen LogP contribution in [0.2, 0.25) is 0 Å². The zero-order valence-corrected chi connectivity index (χ0v) is 21.5. The third-order valence-corrected chi connectivity index (χ3v) is 8.08. The lowest BCUT2D eigenvalue weighted by Gasteiger charge is -2.36. The van der Waals surface area contributed by atoms with Crippen molar-refractivity contribution in [2.24, 2.45) is 0 Å². The van der Waals surface area contributed by atoms with E-state index in [9.17, 15) is 9.59 Å². The van der Waals surface area contributed by atoms with Gasteiger partial charge >= 0.3 is 5.97 Å². The Morgan fingerprint density at radius 2 is 1.97 bits per heavy atom. The molecule has 0 bridgehead atoms. The van der Waals surface area contributed by atoms with Crippen LogP contribution in [0.15, 0.2) is 64.3 Å². The van der Waals surface area contributed by atoms with Crippen LogP contribution in [0.4, 0.5) is 0 Å². The Balaban J connectivity index is 1.70. The molecule has 1 aromatic carbocycles. The Morgan fingerprint density at radius 1 is 1.18 bits per heavy atom. The highest BCUT2D eigenvalue weighted by Gasteiger charge is 2.41. The van der Waals surface area contributed by atoms with Gasteiger partial charge in [-0.25, -0.2) is 4.79 Å². The number of benzene rings is 1. The molecule has 0 saturated carbocycles. The number of carbonyl (C=O) groups is 2. The van der Waals surface area contributed by atoms with E-state index in [1.807, 2.05) is 44.2 Å². The zero-order valence-electron chi connectivity index (χ0n) is 19.9. The van der Waals surface area contributed by atoms with Gasteiger partial charge in [0.2, 0.25) is 0 Å². The predicted octanol–water partition coefficient (Wildman–Crippen LogP) is 5.80. The molecule has 2 atom stereocenters. The molecule has 2 heterocycles. The topological polar surface area (TPSA) is 64.6 Å². The van der Waals surface area contributed by atoms with Gasteiger partial charge in [0.05, 0.1) is 12.2 Å². The molecule has 0 unspecified atom stereocenters. The number of thiophene rings is 1. The minimum Gasteiger partial charge on any atom is -0.494 e. The maximum Gasteiger partial charge on any atom is 0.336 e. The van der Waals surface area contributed by atoms with Crippen LogP contribution in [0.5, 0.6) is 5.75 Å². The molecule has 1 N–H and O–H groups in total. The molecule has 7 heteroatoms. The maximum atomic E-state index is 13.6. The second kappa shape index (κ2) is 11.3. The fraction of sp³-hybridized carbons (Fsp3) is 0.407. The summed E-state index contributed by atoms with van der Waals surface area (Å²) < 4.78 is 11.3. The summed E-state index contributed by atoms with van der Waals surface area (Å²) in [6, 6.07) is 11.8. The van der Waals surface area contributed by atoms with E-state index in [4.69, 9.17) is 9.47 Å². The normalized spacial score (nSPS) is 20.1. The van der Waals surface area contributed by atoms with E-state index in [0.29, 0.717) is 30.8 Å². The van der Waals surface area contributed by atoms with Gasteiger partial charge in [-0.15, -0.1) is 11.3 Å². The molecule has 0 saturated heterocycles.